The molecule has 0 aliphatic carbocycles. The fourth-order valence-electron chi connectivity index (χ4n) is 3.46. The predicted molar refractivity (Wildman–Crippen MR) is 110 cm³/mol. The third-order valence-electron chi connectivity index (χ3n) is 4.77. The molecule has 0 spiro atoms. The summed E-state index contributed by atoms with van der Waals surface area (Å²) in [5, 5.41) is 6.73. The molecule has 1 aliphatic heterocycles. The number of nitrogens with zero attached hydrogens (tertiary/aromatic N) is 1. The Kier molecular flexibility index (Phi) is 4.95. The van der Waals surface area contributed by atoms with E-state index in [-0.39, 0.29) is 18.4 Å². The maximum Gasteiger partial charge on any atom is 0.256 e. The van der Waals surface area contributed by atoms with Crippen LogP contribution in [-0.2, 0) is 20.9 Å². The van der Waals surface area contributed by atoms with E-state index in [0.717, 1.165) is 27.7 Å². The molecule has 0 atom stereocenters. The summed E-state index contributed by atoms with van der Waals surface area (Å²) in [6.45, 7) is 1.16. The van der Waals surface area contributed by atoms with Gasteiger partial charge in [0.05, 0.1) is 6.61 Å². The van der Waals surface area contributed by atoms with Crippen LogP contribution >= 0.6 is 0 Å². The summed E-state index contributed by atoms with van der Waals surface area (Å²) in [4.78, 5) is 24.7. The van der Waals surface area contributed by atoms with Crippen molar-refractivity contribution in [2.75, 3.05) is 25.6 Å². The highest BCUT2D eigenvalue weighted by Gasteiger charge is 2.24. The molecule has 142 valence electrons. The Morgan fingerprint density at radius 3 is 2.82 bits per heavy atom. The van der Waals surface area contributed by atoms with Gasteiger partial charge >= 0.3 is 0 Å². The van der Waals surface area contributed by atoms with E-state index in [1.165, 1.54) is 0 Å². The second kappa shape index (κ2) is 7.70. The zero-order valence-electron chi connectivity index (χ0n) is 15.6. The quantitative estimate of drug-likeness (QED) is 0.514. The minimum Gasteiger partial charge on any atom is -0.383 e. The fraction of sp³-hybridized carbons (Fsp3) is 0.182. The second-order valence-corrected chi connectivity index (χ2v) is 6.63. The number of hydrogen-bond donors (Lipinski definition) is 2. The van der Waals surface area contributed by atoms with Crippen LogP contribution in [0, 0.1) is 0 Å². The van der Waals surface area contributed by atoms with Gasteiger partial charge < -0.3 is 19.9 Å². The van der Waals surface area contributed by atoms with Crippen molar-refractivity contribution in [2.24, 2.45) is 0 Å². The Bertz CT molecular complexity index is 1080. The van der Waals surface area contributed by atoms with Crippen LogP contribution < -0.4 is 10.6 Å². The number of amides is 2. The summed E-state index contributed by atoms with van der Waals surface area (Å²) >= 11 is 0. The lowest BCUT2D eigenvalue weighted by molar-refractivity contribution is -0.121. The largest absolute Gasteiger partial charge is 0.383 e. The molecular formula is C22H21N3O3. The van der Waals surface area contributed by atoms with Gasteiger partial charge in [0.1, 0.15) is 6.54 Å². The van der Waals surface area contributed by atoms with E-state index in [0.29, 0.717) is 18.7 Å². The Morgan fingerprint density at radius 2 is 1.96 bits per heavy atom. The molecule has 0 unspecified atom stereocenters. The van der Waals surface area contributed by atoms with Gasteiger partial charge in [-0.25, -0.2) is 0 Å². The monoisotopic (exact) mass is 375 g/mol. The van der Waals surface area contributed by atoms with Crippen LogP contribution in [0.3, 0.4) is 0 Å². The van der Waals surface area contributed by atoms with Crippen molar-refractivity contribution in [1.82, 2.24) is 9.88 Å². The standard InChI is InChI=1S/C22H21N3O3/c1-28-11-10-23-21(26)14-25-13-15(16-6-3-5-9-20(16)25)12-18-17-7-2-4-8-19(17)24-22(18)27/h2-9,12-13H,10-11,14H2,1H3,(H,23,26)(H,24,27)/b18-12+. The van der Waals surface area contributed by atoms with E-state index in [9.17, 15) is 9.59 Å². The smallest absolute Gasteiger partial charge is 0.256 e. The van der Waals surface area contributed by atoms with Crippen LogP contribution in [0.4, 0.5) is 5.69 Å². The average Bonchev–Trinajstić information content (AvgIpc) is 3.20. The van der Waals surface area contributed by atoms with Gasteiger partial charge in [-0.1, -0.05) is 36.4 Å². The number of benzene rings is 2. The highest BCUT2D eigenvalue weighted by Crippen LogP contribution is 2.34. The highest BCUT2D eigenvalue weighted by atomic mass is 16.5. The van der Waals surface area contributed by atoms with E-state index < -0.39 is 0 Å². The van der Waals surface area contributed by atoms with Crippen LogP contribution in [-0.4, -0.2) is 36.6 Å². The zero-order chi connectivity index (χ0) is 19.5. The number of carbonyl (C=O) groups excluding carboxylic acids is 2. The summed E-state index contributed by atoms with van der Waals surface area (Å²) < 4.78 is 6.87. The van der Waals surface area contributed by atoms with Crippen LogP contribution in [0.25, 0.3) is 22.6 Å². The summed E-state index contributed by atoms with van der Waals surface area (Å²) in [5.41, 5.74) is 4.19. The third kappa shape index (κ3) is 3.42. The number of hydrogen-bond acceptors (Lipinski definition) is 3. The minimum atomic E-state index is -0.115. The van der Waals surface area contributed by atoms with Gasteiger partial charge in [0.25, 0.3) is 5.91 Å². The van der Waals surface area contributed by atoms with Crippen molar-refractivity contribution in [3.63, 3.8) is 0 Å². The first-order valence-corrected chi connectivity index (χ1v) is 9.13. The van der Waals surface area contributed by atoms with Gasteiger partial charge in [-0.15, -0.1) is 0 Å². The van der Waals surface area contributed by atoms with Crippen molar-refractivity contribution in [3.05, 3.63) is 65.9 Å². The number of fused-ring (bicyclic) bond motifs is 2. The molecule has 0 bridgehead atoms. The summed E-state index contributed by atoms with van der Waals surface area (Å²) in [6.07, 6.45) is 3.81. The lowest BCUT2D eigenvalue weighted by Gasteiger charge is -2.06. The number of anilines is 1. The lowest BCUT2D eigenvalue weighted by Crippen LogP contribution is -2.30. The van der Waals surface area contributed by atoms with Crippen LogP contribution in [0.5, 0.6) is 0 Å². The van der Waals surface area contributed by atoms with Crippen molar-refractivity contribution < 1.29 is 14.3 Å². The Morgan fingerprint density at radius 1 is 1.18 bits per heavy atom. The molecule has 3 aromatic rings. The molecule has 1 aromatic heterocycles. The minimum absolute atomic E-state index is 0.0824. The van der Waals surface area contributed by atoms with Gasteiger partial charge in [-0.2, -0.15) is 0 Å². The number of aromatic nitrogens is 1. The Balaban J connectivity index is 1.69. The van der Waals surface area contributed by atoms with E-state index >= 15 is 0 Å². The maximum absolute atomic E-state index is 12.4. The van der Waals surface area contributed by atoms with Gasteiger partial charge in [-0.3, -0.25) is 9.59 Å². The normalized spacial score (nSPS) is 14.3. The molecule has 0 saturated carbocycles. The number of methoxy groups -OCH3 is 1. The number of para-hydroxylation sites is 2. The number of nitrogens with one attached hydrogen (secondary N) is 2. The number of carbonyl (C=O) groups is 2. The van der Waals surface area contributed by atoms with E-state index in [2.05, 4.69) is 10.6 Å². The molecule has 6 nitrogen and oxygen atoms in total. The van der Waals surface area contributed by atoms with Gasteiger partial charge in [0.2, 0.25) is 5.91 Å². The molecule has 2 N–H and O–H groups in total. The molecular weight excluding hydrogens is 354 g/mol. The molecule has 0 radical (unpaired) electrons. The topological polar surface area (TPSA) is 72.4 Å². The number of ether oxygens (including phenoxy) is 1. The molecule has 1 aliphatic rings. The van der Waals surface area contributed by atoms with Gasteiger partial charge in [-0.05, 0) is 18.2 Å². The van der Waals surface area contributed by atoms with Crippen molar-refractivity contribution in [3.8, 4) is 0 Å². The number of rotatable bonds is 6. The predicted octanol–water partition coefficient (Wildman–Crippen LogP) is 2.90. The Labute approximate surface area is 162 Å². The van der Waals surface area contributed by atoms with Crippen LogP contribution in [0.1, 0.15) is 11.1 Å². The zero-order valence-corrected chi connectivity index (χ0v) is 15.6. The summed E-state index contributed by atoms with van der Waals surface area (Å²) in [5.74, 6) is -0.198. The summed E-state index contributed by atoms with van der Waals surface area (Å²) in [6, 6.07) is 15.5. The third-order valence-corrected chi connectivity index (χ3v) is 4.77. The van der Waals surface area contributed by atoms with E-state index in [4.69, 9.17) is 4.74 Å². The van der Waals surface area contributed by atoms with Gasteiger partial charge in [0, 0.05) is 53.1 Å². The van der Waals surface area contributed by atoms with Crippen LogP contribution in [0.15, 0.2) is 54.7 Å². The molecule has 6 heteroatoms. The molecule has 28 heavy (non-hydrogen) atoms. The van der Waals surface area contributed by atoms with Gasteiger partial charge in [0.15, 0.2) is 0 Å². The molecule has 2 heterocycles. The lowest BCUT2D eigenvalue weighted by atomic mass is 10.0. The Hall–Kier alpha value is -3.38. The summed E-state index contributed by atoms with van der Waals surface area (Å²) in [7, 11) is 1.60. The highest BCUT2D eigenvalue weighted by molar-refractivity contribution is 6.35. The SMILES string of the molecule is COCCNC(=O)Cn1cc(/C=C2/C(=O)Nc3ccccc32)c2ccccc21. The second-order valence-electron chi connectivity index (χ2n) is 6.63. The average molecular weight is 375 g/mol. The fourth-order valence-corrected chi connectivity index (χ4v) is 3.46. The molecule has 2 amide bonds. The first kappa shape index (κ1) is 18.0. The first-order chi connectivity index (χ1) is 13.7. The van der Waals surface area contributed by atoms with E-state index in [1.54, 1.807) is 7.11 Å². The molecule has 0 saturated heterocycles. The molecule has 4 rings (SSSR count). The maximum atomic E-state index is 12.4. The van der Waals surface area contributed by atoms with Crippen molar-refractivity contribution >= 4 is 40.1 Å². The van der Waals surface area contributed by atoms with Crippen molar-refractivity contribution in [1.29, 1.82) is 0 Å². The molecule has 0 fully saturated rings. The van der Waals surface area contributed by atoms with E-state index in [1.807, 2.05) is 65.4 Å². The van der Waals surface area contributed by atoms with Crippen LogP contribution in [0.2, 0.25) is 0 Å². The van der Waals surface area contributed by atoms with Crippen molar-refractivity contribution in [2.45, 2.75) is 6.54 Å². The molecule has 2 aromatic carbocycles. The first-order valence-electron chi connectivity index (χ1n) is 9.13.